The van der Waals surface area contributed by atoms with Crippen molar-refractivity contribution < 1.29 is 23.8 Å². The number of hydrogen-bond donors (Lipinski definition) is 1. The van der Waals surface area contributed by atoms with Crippen molar-refractivity contribution in [3.63, 3.8) is 0 Å². The van der Waals surface area contributed by atoms with Crippen LogP contribution in [0.15, 0.2) is 35.5 Å². The van der Waals surface area contributed by atoms with Crippen molar-refractivity contribution in [3.05, 3.63) is 41.1 Å². The van der Waals surface area contributed by atoms with E-state index in [1.165, 1.54) is 0 Å². The van der Waals surface area contributed by atoms with Crippen LogP contribution in [0, 0.1) is 0 Å². The van der Waals surface area contributed by atoms with Crippen molar-refractivity contribution in [1.82, 2.24) is 5.32 Å². The lowest BCUT2D eigenvalue weighted by Gasteiger charge is -2.27. The van der Waals surface area contributed by atoms with E-state index >= 15 is 0 Å². The highest BCUT2D eigenvalue weighted by Crippen LogP contribution is 2.38. The van der Waals surface area contributed by atoms with Gasteiger partial charge in [0.25, 0.3) is 0 Å². The monoisotopic (exact) mass is 345 g/mol. The Bertz CT molecular complexity index is 691. The Kier molecular flexibility index (Phi) is 5.38. The number of esters is 1. The van der Waals surface area contributed by atoms with E-state index in [9.17, 15) is 9.59 Å². The number of methoxy groups -OCH3 is 1. The predicted octanol–water partition coefficient (Wildman–Crippen LogP) is 2.29. The van der Waals surface area contributed by atoms with Crippen LogP contribution in [-0.2, 0) is 19.1 Å². The van der Waals surface area contributed by atoms with Crippen LogP contribution in [0.1, 0.15) is 37.7 Å². The molecule has 0 aromatic heterocycles. The Morgan fingerprint density at radius 1 is 1.36 bits per heavy atom. The van der Waals surface area contributed by atoms with E-state index in [1.807, 2.05) is 24.3 Å². The molecule has 6 heteroatoms. The van der Waals surface area contributed by atoms with Crippen molar-refractivity contribution in [2.45, 2.75) is 38.2 Å². The molecule has 2 heterocycles. The smallest absolute Gasteiger partial charge is 0.336 e. The summed E-state index contributed by atoms with van der Waals surface area (Å²) in [5, 5.41) is 2.74. The number of hydrogen-bond acceptors (Lipinski definition) is 5. The Morgan fingerprint density at radius 2 is 2.16 bits per heavy atom. The Balaban J connectivity index is 1.85. The van der Waals surface area contributed by atoms with Gasteiger partial charge in [0, 0.05) is 30.2 Å². The lowest BCUT2D eigenvalue weighted by Crippen LogP contribution is -2.35. The second-order valence-corrected chi connectivity index (χ2v) is 6.32. The van der Waals surface area contributed by atoms with Gasteiger partial charge in [-0.1, -0.05) is 18.2 Å². The summed E-state index contributed by atoms with van der Waals surface area (Å²) in [6.45, 7) is 2.67. The molecule has 1 aromatic carbocycles. The number of carbonyl (C=O) groups is 2. The van der Waals surface area contributed by atoms with Crippen LogP contribution in [-0.4, -0.2) is 38.3 Å². The maximum Gasteiger partial charge on any atom is 0.336 e. The minimum Gasteiger partial charge on any atom is -0.496 e. The van der Waals surface area contributed by atoms with Crippen molar-refractivity contribution >= 4 is 11.9 Å². The SMILES string of the molecule is COc1ccccc1[C@H]1CC(=O)NC(C)=C1C(=O)OC[C@@H]1CCCO1. The normalized spacial score (nSPS) is 23.4. The van der Waals surface area contributed by atoms with E-state index in [1.54, 1.807) is 14.0 Å². The van der Waals surface area contributed by atoms with Gasteiger partial charge in [0.15, 0.2) is 0 Å². The lowest BCUT2D eigenvalue weighted by molar-refractivity contribution is -0.142. The third-order valence-corrected chi connectivity index (χ3v) is 4.63. The summed E-state index contributed by atoms with van der Waals surface area (Å²) < 4.78 is 16.4. The molecular weight excluding hydrogens is 322 g/mol. The van der Waals surface area contributed by atoms with Crippen molar-refractivity contribution in [1.29, 1.82) is 0 Å². The second-order valence-electron chi connectivity index (χ2n) is 6.32. The maximum atomic E-state index is 12.7. The fraction of sp³-hybridized carbons (Fsp3) is 0.474. The zero-order valence-corrected chi connectivity index (χ0v) is 14.5. The molecule has 1 aromatic rings. The van der Waals surface area contributed by atoms with Crippen molar-refractivity contribution in [2.24, 2.45) is 0 Å². The summed E-state index contributed by atoms with van der Waals surface area (Å²) in [6, 6.07) is 7.43. The van der Waals surface area contributed by atoms with E-state index < -0.39 is 5.97 Å². The molecule has 0 unspecified atom stereocenters. The van der Waals surface area contributed by atoms with Gasteiger partial charge in [-0.05, 0) is 25.8 Å². The number of ether oxygens (including phenoxy) is 3. The van der Waals surface area contributed by atoms with Gasteiger partial charge in [-0.25, -0.2) is 4.79 Å². The first-order valence-corrected chi connectivity index (χ1v) is 8.52. The van der Waals surface area contributed by atoms with Crippen LogP contribution >= 0.6 is 0 Å². The van der Waals surface area contributed by atoms with E-state index in [-0.39, 0.29) is 31.0 Å². The van der Waals surface area contributed by atoms with Crippen LogP contribution in [0.25, 0.3) is 0 Å². The molecule has 2 aliphatic rings. The molecule has 2 aliphatic heterocycles. The quantitative estimate of drug-likeness (QED) is 0.829. The van der Waals surface area contributed by atoms with Crippen molar-refractivity contribution in [2.75, 3.05) is 20.3 Å². The number of benzene rings is 1. The highest BCUT2D eigenvalue weighted by Gasteiger charge is 2.34. The number of nitrogens with one attached hydrogen (secondary N) is 1. The average molecular weight is 345 g/mol. The molecule has 1 N–H and O–H groups in total. The number of amides is 1. The first kappa shape index (κ1) is 17.5. The summed E-state index contributed by atoms with van der Waals surface area (Å²) in [6.07, 6.45) is 2.04. The molecule has 0 bridgehead atoms. The fourth-order valence-corrected chi connectivity index (χ4v) is 3.41. The molecule has 25 heavy (non-hydrogen) atoms. The summed E-state index contributed by atoms with van der Waals surface area (Å²) in [4.78, 5) is 24.8. The number of allylic oxidation sites excluding steroid dienone is 1. The minimum atomic E-state index is -0.413. The molecule has 0 saturated carbocycles. The van der Waals surface area contributed by atoms with Crippen LogP contribution in [0.2, 0.25) is 0 Å². The zero-order valence-electron chi connectivity index (χ0n) is 14.5. The standard InChI is InChI=1S/C19H23NO5/c1-12-18(19(22)25-11-13-6-5-9-24-13)15(10-17(21)20-12)14-7-3-4-8-16(14)23-2/h3-4,7-8,13,15H,5-6,9-11H2,1-2H3,(H,20,21)/t13-,15+/m0/s1. The first-order valence-electron chi connectivity index (χ1n) is 8.52. The highest BCUT2D eigenvalue weighted by atomic mass is 16.6. The van der Waals surface area contributed by atoms with E-state index in [4.69, 9.17) is 14.2 Å². The molecular formula is C19H23NO5. The van der Waals surface area contributed by atoms with Crippen molar-refractivity contribution in [3.8, 4) is 5.75 Å². The highest BCUT2D eigenvalue weighted by molar-refractivity contribution is 5.96. The average Bonchev–Trinajstić information content (AvgIpc) is 3.12. The molecule has 1 saturated heterocycles. The summed E-state index contributed by atoms with van der Waals surface area (Å²) in [5.41, 5.74) is 1.81. The van der Waals surface area contributed by atoms with Crippen LogP contribution in [0.3, 0.4) is 0 Å². The van der Waals surface area contributed by atoms with Crippen LogP contribution < -0.4 is 10.1 Å². The predicted molar refractivity (Wildman–Crippen MR) is 91.1 cm³/mol. The Morgan fingerprint density at radius 3 is 2.88 bits per heavy atom. The molecule has 1 fully saturated rings. The van der Waals surface area contributed by atoms with Crippen LogP contribution in [0.4, 0.5) is 0 Å². The molecule has 0 spiro atoms. The molecule has 2 atom stereocenters. The lowest BCUT2D eigenvalue weighted by atomic mass is 9.84. The van der Waals surface area contributed by atoms with Gasteiger partial charge in [-0.2, -0.15) is 0 Å². The minimum absolute atomic E-state index is 0.0345. The summed E-state index contributed by atoms with van der Waals surface area (Å²) in [7, 11) is 1.58. The topological polar surface area (TPSA) is 73.9 Å². The second kappa shape index (κ2) is 7.70. The Labute approximate surface area is 147 Å². The number of carbonyl (C=O) groups excluding carboxylic acids is 2. The number of rotatable bonds is 5. The Hall–Kier alpha value is -2.34. The molecule has 3 rings (SSSR count). The molecule has 6 nitrogen and oxygen atoms in total. The third kappa shape index (κ3) is 3.85. The largest absolute Gasteiger partial charge is 0.496 e. The first-order chi connectivity index (χ1) is 12.1. The summed E-state index contributed by atoms with van der Waals surface area (Å²) >= 11 is 0. The van der Waals surface area contributed by atoms with Gasteiger partial charge >= 0.3 is 5.97 Å². The molecule has 0 radical (unpaired) electrons. The van der Waals surface area contributed by atoms with E-state index in [0.717, 1.165) is 18.4 Å². The van der Waals surface area contributed by atoms with E-state index in [2.05, 4.69) is 5.32 Å². The van der Waals surface area contributed by atoms with Gasteiger partial charge in [0.1, 0.15) is 12.4 Å². The fourth-order valence-electron chi connectivity index (χ4n) is 3.41. The zero-order chi connectivity index (χ0) is 17.8. The summed E-state index contributed by atoms with van der Waals surface area (Å²) in [5.74, 6) is -0.269. The maximum absolute atomic E-state index is 12.7. The van der Waals surface area contributed by atoms with Gasteiger partial charge in [0.05, 0.1) is 18.8 Å². The molecule has 0 aliphatic carbocycles. The number of para-hydroxylation sites is 1. The third-order valence-electron chi connectivity index (χ3n) is 4.63. The van der Waals surface area contributed by atoms with Gasteiger partial charge in [-0.3, -0.25) is 4.79 Å². The van der Waals surface area contributed by atoms with Gasteiger partial charge in [0.2, 0.25) is 5.91 Å². The van der Waals surface area contributed by atoms with E-state index in [0.29, 0.717) is 23.6 Å². The van der Waals surface area contributed by atoms with Gasteiger partial charge < -0.3 is 19.5 Å². The molecule has 134 valence electrons. The van der Waals surface area contributed by atoms with Gasteiger partial charge in [-0.15, -0.1) is 0 Å². The van der Waals surface area contributed by atoms with Crippen LogP contribution in [0.5, 0.6) is 5.75 Å². The molecule has 1 amide bonds.